The molecule has 0 aromatic heterocycles. The number of carbonyl (C=O) groups is 2. The van der Waals surface area contributed by atoms with Crippen LogP contribution in [0.3, 0.4) is 0 Å². The molecule has 0 amide bonds. The second kappa shape index (κ2) is 19.7. The lowest BCUT2D eigenvalue weighted by atomic mass is 9.84. The first-order valence-electron chi connectivity index (χ1n) is 22.6. The molecule has 0 saturated carbocycles. The maximum absolute atomic E-state index is 13.5. The highest BCUT2D eigenvalue weighted by atomic mass is 16.5. The molecule has 322 valence electrons. The summed E-state index contributed by atoms with van der Waals surface area (Å²) in [4.78, 5) is 41.9. The van der Waals surface area contributed by atoms with Gasteiger partial charge in [-0.05, 0) is 117 Å². The number of aliphatic hydroxyl groups is 1. The summed E-state index contributed by atoms with van der Waals surface area (Å²) >= 11 is 0. The van der Waals surface area contributed by atoms with Gasteiger partial charge in [-0.25, -0.2) is 15.0 Å². The molecule has 5 unspecified atom stereocenters. The van der Waals surface area contributed by atoms with Crippen LogP contribution in [-0.4, -0.2) is 41.3 Å². The third-order valence-electron chi connectivity index (χ3n) is 13.1. The van der Waals surface area contributed by atoms with Crippen molar-refractivity contribution in [1.82, 2.24) is 5.32 Å². The number of nitrogens with zero attached hydrogens (tertiary/aromatic N) is 3. The van der Waals surface area contributed by atoms with Gasteiger partial charge in [-0.3, -0.25) is 9.59 Å². The summed E-state index contributed by atoms with van der Waals surface area (Å²) in [6.45, 7) is 19.6. The van der Waals surface area contributed by atoms with Gasteiger partial charge in [0.25, 0.3) is 0 Å². The molecule has 9 heteroatoms. The smallest absolute Gasteiger partial charge is 0.321 e. The normalized spacial score (nSPS) is 23.2. The van der Waals surface area contributed by atoms with E-state index in [0.29, 0.717) is 34.9 Å². The molecule has 2 N–H and O–H groups in total. The lowest BCUT2D eigenvalue weighted by Crippen LogP contribution is -2.25. The summed E-state index contributed by atoms with van der Waals surface area (Å²) in [5.41, 5.74) is 11.2. The van der Waals surface area contributed by atoms with E-state index in [1.54, 1.807) is 6.26 Å². The molecule has 60 heavy (non-hydrogen) atoms. The molecule has 0 aromatic rings. The fourth-order valence-corrected chi connectivity index (χ4v) is 9.37. The van der Waals surface area contributed by atoms with Crippen molar-refractivity contribution < 1.29 is 24.2 Å². The zero-order valence-corrected chi connectivity index (χ0v) is 37.8. The van der Waals surface area contributed by atoms with Gasteiger partial charge in [-0.1, -0.05) is 86.5 Å². The molecule has 0 spiro atoms. The molecule has 8 bridgehead atoms. The predicted molar refractivity (Wildman–Crippen MR) is 243 cm³/mol. The summed E-state index contributed by atoms with van der Waals surface area (Å²) in [6.07, 6.45) is 24.3. The first-order chi connectivity index (χ1) is 28.7. The van der Waals surface area contributed by atoms with Gasteiger partial charge < -0.3 is 19.9 Å². The third kappa shape index (κ3) is 10.2. The predicted octanol–water partition coefficient (Wildman–Crippen LogP) is 12.0. The van der Waals surface area contributed by atoms with Gasteiger partial charge in [0.2, 0.25) is 0 Å². The van der Waals surface area contributed by atoms with Crippen molar-refractivity contribution in [1.29, 1.82) is 0 Å². The first kappa shape index (κ1) is 44.8. The quantitative estimate of drug-likeness (QED) is 0.105. The Morgan fingerprint density at radius 2 is 1.53 bits per heavy atom. The zero-order valence-electron chi connectivity index (χ0n) is 37.8. The van der Waals surface area contributed by atoms with Crippen molar-refractivity contribution in [3.63, 3.8) is 0 Å². The van der Waals surface area contributed by atoms with Gasteiger partial charge in [0.15, 0.2) is 0 Å². The van der Waals surface area contributed by atoms with Gasteiger partial charge in [0.1, 0.15) is 11.7 Å². The average Bonchev–Trinajstić information content (AvgIpc) is 3.98. The second-order valence-corrected chi connectivity index (χ2v) is 18.5. The molecular weight excluding hydrogens is 749 g/mol. The van der Waals surface area contributed by atoms with Crippen LogP contribution in [-0.2, 0) is 19.1 Å². The Hall–Kier alpha value is -4.79. The lowest BCUT2D eigenvalue weighted by Gasteiger charge is -2.20. The fraction of sp³-hybridized carbons (Fsp3) is 0.549. The summed E-state index contributed by atoms with van der Waals surface area (Å²) in [7, 11) is 1.33. The second-order valence-electron chi connectivity index (χ2n) is 18.5. The number of carbonyl (C=O) groups excluding carboxylic acids is 2. The van der Waals surface area contributed by atoms with Crippen molar-refractivity contribution >= 4 is 29.1 Å². The van der Waals surface area contributed by atoms with Crippen molar-refractivity contribution in [3.05, 3.63) is 104 Å². The topological polar surface area (TPSA) is 122 Å². The maximum atomic E-state index is 13.5. The molecule has 1 saturated heterocycles. The number of methoxy groups -OCH3 is 1. The van der Waals surface area contributed by atoms with E-state index in [-0.39, 0.29) is 30.0 Å². The molecule has 5 atom stereocenters. The number of allylic oxidation sites excluding steroid dienone is 12. The Bertz CT molecular complexity index is 2130. The molecule has 0 radical (unpaired) electrons. The summed E-state index contributed by atoms with van der Waals surface area (Å²) < 4.78 is 11.0. The van der Waals surface area contributed by atoms with Crippen molar-refractivity contribution in [2.24, 2.45) is 50.5 Å². The first-order valence-corrected chi connectivity index (χ1v) is 22.6. The van der Waals surface area contributed by atoms with E-state index in [9.17, 15) is 14.7 Å². The minimum atomic E-state index is -1.06. The molecule has 1 aliphatic carbocycles. The molecule has 1 fully saturated rings. The Morgan fingerprint density at radius 1 is 0.867 bits per heavy atom. The number of aliphatic hydroxyl groups excluding tert-OH is 1. The standard InChI is InChI=1S/C51H68N4O5/c1-11-36-24-38-25-40-33(7)23-37(52-40)26-41-34(8)39(21-22-44(56)60-28-32(6)20-14-19-31(5)18-13-17-30(4)16-12-15-29(2)3)48(54-41)46-47(51(58)59-10)50(57)45-35(9)42(55-49(45)46)27-43(36)53-38/h23-31,34,39,47,54,57H,11-22H2,1-10H3/b32-28-,40-25?,41-26?,43-27?,48-46?. The number of esters is 2. The van der Waals surface area contributed by atoms with Crippen LogP contribution in [0.4, 0.5) is 0 Å². The third-order valence-corrected chi connectivity index (χ3v) is 13.1. The van der Waals surface area contributed by atoms with E-state index in [2.05, 4.69) is 59.0 Å². The summed E-state index contributed by atoms with van der Waals surface area (Å²) in [6, 6.07) is 0. The van der Waals surface area contributed by atoms with Crippen LogP contribution in [0.1, 0.15) is 139 Å². The highest BCUT2D eigenvalue weighted by Gasteiger charge is 2.49. The number of nitrogens with one attached hydrogen (secondary N) is 1. The molecule has 6 aliphatic rings. The van der Waals surface area contributed by atoms with Crippen molar-refractivity contribution in [3.8, 4) is 0 Å². The number of hydrogen-bond donors (Lipinski definition) is 2. The highest BCUT2D eigenvalue weighted by molar-refractivity contribution is 6.24. The Labute approximate surface area is 358 Å². The minimum Gasteiger partial charge on any atom is -0.510 e. The number of aliphatic imine (C=N–C) groups is 3. The van der Waals surface area contributed by atoms with Gasteiger partial charge in [-0.2, -0.15) is 0 Å². The van der Waals surface area contributed by atoms with Crippen LogP contribution >= 0.6 is 0 Å². The molecule has 0 aromatic carbocycles. The largest absolute Gasteiger partial charge is 0.510 e. The van der Waals surface area contributed by atoms with E-state index in [0.717, 1.165) is 87.6 Å². The van der Waals surface area contributed by atoms with E-state index >= 15 is 0 Å². The van der Waals surface area contributed by atoms with E-state index in [1.165, 1.54) is 52.1 Å². The van der Waals surface area contributed by atoms with Crippen molar-refractivity contribution in [2.75, 3.05) is 7.11 Å². The summed E-state index contributed by atoms with van der Waals surface area (Å²) in [5, 5.41) is 15.5. The number of rotatable bonds is 18. The van der Waals surface area contributed by atoms with Gasteiger partial charge in [0.05, 0.1) is 47.6 Å². The molecule has 5 heterocycles. The highest BCUT2D eigenvalue weighted by Crippen LogP contribution is 2.49. The van der Waals surface area contributed by atoms with E-state index in [4.69, 9.17) is 24.5 Å². The van der Waals surface area contributed by atoms with E-state index in [1.807, 2.05) is 39.0 Å². The monoisotopic (exact) mass is 817 g/mol. The molecule has 5 aliphatic heterocycles. The van der Waals surface area contributed by atoms with Crippen LogP contribution in [0.15, 0.2) is 119 Å². The maximum Gasteiger partial charge on any atom is 0.321 e. The van der Waals surface area contributed by atoms with E-state index < -0.39 is 11.9 Å². The molecular formula is C51H68N4O5. The minimum absolute atomic E-state index is 0.0783. The van der Waals surface area contributed by atoms with Crippen LogP contribution in [0.25, 0.3) is 0 Å². The zero-order chi connectivity index (χ0) is 43.2. The molecule has 9 nitrogen and oxygen atoms in total. The molecule has 6 rings (SSSR count). The average molecular weight is 817 g/mol. The van der Waals surface area contributed by atoms with Gasteiger partial charge in [0, 0.05) is 40.8 Å². The lowest BCUT2D eigenvalue weighted by molar-refractivity contribution is -0.143. The Balaban J connectivity index is 1.18. The Morgan fingerprint density at radius 3 is 2.22 bits per heavy atom. The van der Waals surface area contributed by atoms with Gasteiger partial charge >= 0.3 is 11.9 Å². The van der Waals surface area contributed by atoms with Crippen molar-refractivity contribution in [2.45, 2.75) is 139 Å². The van der Waals surface area contributed by atoms with Crippen LogP contribution in [0, 0.1) is 35.5 Å². The SMILES string of the molecule is CCC1=CC2=NC1=CC1=C(C)C3=C(O)C(C(=O)OC)C(=C4NC(=CC5=NC(=C2)C(C)=C5)C(C)C4CCC(=O)O/C=C(/C)CCCC(C)CCCC(C)CCCC(C)C)C3=N1. The Kier molecular flexibility index (Phi) is 14.7. The number of ether oxygens (including phenoxy) is 2. The summed E-state index contributed by atoms with van der Waals surface area (Å²) in [5.74, 6) is -0.0105. The number of hydrogen-bond acceptors (Lipinski definition) is 9. The van der Waals surface area contributed by atoms with Crippen LogP contribution in [0.5, 0.6) is 0 Å². The van der Waals surface area contributed by atoms with Crippen LogP contribution in [0.2, 0.25) is 0 Å². The fourth-order valence-electron chi connectivity index (χ4n) is 9.37. The van der Waals surface area contributed by atoms with Crippen LogP contribution < -0.4 is 5.32 Å². The van der Waals surface area contributed by atoms with Gasteiger partial charge in [-0.15, -0.1) is 0 Å². The number of fused-ring (bicyclic) bond motifs is 5.